The van der Waals surface area contributed by atoms with Crippen LogP contribution in [0.1, 0.15) is 5.56 Å². The molecule has 0 saturated heterocycles. The van der Waals surface area contributed by atoms with Gasteiger partial charge in [-0.25, -0.2) is 0 Å². The van der Waals surface area contributed by atoms with E-state index in [0.717, 1.165) is 37.5 Å². The molecule has 3 heteroatoms. The van der Waals surface area contributed by atoms with Crippen LogP contribution >= 0.6 is 15.9 Å². The summed E-state index contributed by atoms with van der Waals surface area (Å²) in [4.78, 5) is 4.16. The van der Waals surface area contributed by atoms with Crippen molar-refractivity contribution in [2.24, 2.45) is 4.99 Å². The van der Waals surface area contributed by atoms with Gasteiger partial charge in [0, 0.05) is 28.9 Å². The smallest absolute Gasteiger partial charge is 0.123 e. The Hall–Kier alpha value is -2.65. The number of aromatic hydroxyl groups is 1. The van der Waals surface area contributed by atoms with Crippen LogP contribution in [0, 0.1) is 0 Å². The third kappa shape index (κ3) is 3.42. The number of allylic oxidation sites excluding steroid dienone is 3. The standard InChI is InChI=1S/C22H18BrNO/c1-3-6-15(14-24-2)17-10-11-20(19-8-5-4-7-18(17)19)21-13-16(23)9-12-22(21)25/h3-14,25H,1H2,2H3/b15-6+,24-14?. The van der Waals surface area contributed by atoms with E-state index in [1.807, 2.05) is 42.6 Å². The normalized spacial score (nSPS) is 12.0. The van der Waals surface area contributed by atoms with E-state index in [2.05, 4.69) is 45.7 Å². The molecule has 0 radical (unpaired) electrons. The van der Waals surface area contributed by atoms with Crippen molar-refractivity contribution in [3.05, 3.63) is 83.4 Å². The number of nitrogens with zero attached hydrogens (tertiary/aromatic N) is 1. The van der Waals surface area contributed by atoms with Crippen LogP contribution in [-0.2, 0) is 0 Å². The maximum Gasteiger partial charge on any atom is 0.123 e. The van der Waals surface area contributed by atoms with Gasteiger partial charge in [0.05, 0.1) is 0 Å². The lowest BCUT2D eigenvalue weighted by molar-refractivity contribution is 0.477. The first kappa shape index (κ1) is 17.2. The molecular weight excluding hydrogens is 374 g/mol. The van der Waals surface area contributed by atoms with Gasteiger partial charge in [-0.2, -0.15) is 0 Å². The molecule has 0 aliphatic carbocycles. The van der Waals surface area contributed by atoms with E-state index < -0.39 is 0 Å². The highest BCUT2D eigenvalue weighted by atomic mass is 79.9. The SMILES string of the molecule is C=C/C=C(\C=NC)c1ccc(-c2cc(Br)ccc2O)c2ccccc12. The fraction of sp³-hybridized carbons (Fsp3) is 0.0455. The highest BCUT2D eigenvalue weighted by Gasteiger charge is 2.12. The van der Waals surface area contributed by atoms with Crippen molar-refractivity contribution in [1.82, 2.24) is 0 Å². The fourth-order valence-electron chi connectivity index (χ4n) is 2.98. The van der Waals surface area contributed by atoms with E-state index in [-0.39, 0.29) is 5.75 Å². The maximum absolute atomic E-state index is 10.3. The molecule has 1 N–H and O–H groups in total. The molecular formula is C22H18BrNO. The summed E-state index contributed by atoms with van der Waals surface area (Å²) < 4.78 is 0.929. The van der Waals surface area contributed by atoms with E-state index in [1.165, 1.54) is 0 Å². The molecule has 0 atom stereocenters. The van der Waals surface area contributed by atoms with Crippen molar-refractivity contribution in [3.8, 4) is 16.9 Å². The van der Waals surface area contributed by atoms with Crippen LogP contribution < -0.4 is 0 Å². The highest BCUT2D eigenvalue weighted by Crippen LogP contribution is 2.38. The Morgan fingerprint density at radius 2 is 1.80 bits per heavy atom. The lowest BCUT2D eigenvalue weighted by Gasteiger charge is -2.13. The molecule has 3 aromatic carbocycles. The Morgan fingerprint density at radius 3 is 2.52 bits per heavy atom. The Labute approximate surface area is 156 Å². The van der Waals surface area contributed by atoms with E-state index in [0.29, 0.717) is 0 Å². The van der Waals surface area contributed by atoms with Crippen LogP contribution in [0.4, 0.5) is 0 Å². The van der Waals surface area contributed by atoms with Gasteiger partial charge in [-0.05, 0) is 40.1 Å². The summed E-state index contributed by atoms with van der Waals surface area (Å²) in [5, 5.41) is 12.5. The number of phenolic OH excluding ortho intramolecular Hbond substituents is 1. The van der Waals surface area contributed by atoms with Crippen molar-refractivity contribution >= 4 is 38.5 Å². The summed E-state index contributed by atoms with van der Waals surface area (Å²) in [6.07, 6.45) is 5.55. The largest absolute Gasteiger partial charge is 0.507 e. The summed E-state index contributed by atoms with van der Waals surface area (Å²) in [5.74, 6) is 0.262. The molecule has 3 aromatic rings. The van der Waals surface area contributed by atoms with E-state index in [1.54, 1.807) is 19.2 Å². The second kappa shape index (κ2) is 7.49. The predicted molar refractivity (Wildman–Crippen MR) is 111 cm³/mol. The van der Waals surface area contributed by atoms with Crippen LogP contribution in [0.15, 0.2) is 82.8 Å². The summed E-state index contributed by atoms with van der Waals surface area (Å²) in [6, 6.07) is 17.8. The van der Waals surface area contributed by atoms with E-state index in [9.17, 15) is 5.11 Å². The molecule has 0 aromatic heterocycles. The number of benzene rings is 3. The molecule has 0 unspecified atom stereocenters. The number of rotatable bonds is 4. The van der Waals surface area contributed by atoms with Crippen molar-refractivity contribution < 1.29 is 5.11 Å². The minimum atomic E-state index is 0.262. The zero-order valence-corrected chi connectivity index (χ0v) is 15.5. The lowest BCUT2D eigenvalue weighted by atomic mass is 9.92. The second-order valence-electron chi connectivity index (χ2n) is 5.61. The van der Waals surface area contributed by atoms with Gasteiger partial charge in [0.25, 0.3) is 0 Å². The minimum Gasteiger partial charge on any atom is -0.507 e. The van der Waals surface area contributed by atoms with Crippen LogP contribution in [0.3, 0.4) is 0 Å². The topological polar surface area (TPSA) is 32.6 Å². The van der Waals surface area contributed by atoms with Gasteiger partial charge < -0.3 is 5.11 Å². The second-order valence-corrected chi connectivity index (χ2v) is 6.53. The van der Waals surface area contributed by atoms with Gasteiger partial charge in [0.15, 0.2) is 0 Å². The van der Waals surface area contributed by atoms with Crippen LogP contribution in [-0.4, -0.2) is 18.4 Å². The molecule has 25 heavy (non-hydrogen) atoms. The number of phenols is 1. The number of hydrogen-bond donors (Lipinski definition) is 1. The Balaban J connectivity index is 2.32. The zero-order valence-electron chi connectivity index (χ0n) is 13.9. The molecule has 0 spiro atoms. The summed E-state index contributed by atoms with van der Waals surface area (Å²) >= 11 is 3.49. The molecule has 0 aliphatic heterocycles. The van der Waals surface area contributed by atoms with E-state index in [4.69, 9.17) is 0 Å². The van der Waals surface area contributed by atoms with Crippen LogP contribution in [0.5, 0.6) is 5.75 Å². The quantitative estimate of drug-likeness (QED) is 0.413. The molecule has 2 nitrogen and oxygen atoms in total. The number of halogens is 1. The fourth-order valence-corrected chi connectivity index (χ4v) is 3.34. The average Bonchev–Trinajstić information content (AvgIpc) is 2.63. The van der Waals surface area contributed by atoms with Crippen molar-refractivity contribution in [3.63, 3.8) is 0 Å². The molecule has 124 valence electrons. The van der Waals surface area contributed by atoms with Gasteiger partial charge >= 0.3 is 0 Å². The zero-order chi connectivity index (χ0) is 17.8. The predicted octanol–water partition coefficient (Wildman–Crippen LogP) is 6.24. The first-order chi connectivity index (χ1) is 12.2. The van der Waals surface area contributed by atoms with Crippen molar-refractivity contribution in [2.75, 3.05) is 7.05 Å². The average molecular weight is 392 g/mol. The monoisotopic (exact) mass is 391 g/mol. The Morgan fingerprint density at radius 1 is 1.04 bits per heavy atom. The number of hydrogen-bond acceptors (Lipinski definition) is 2. The highest BCUT2D eigenvalue weighted by molar-refractivity contribution is 9.10. The Kier molecular flexibility index (Phi) is 5.15. The summed E-state index contributed by atoms with van der Waals surface area (Å²) in [7, 11) is 1.76. The van der Waals surface area contributed by atoms with Crippen molar-refractivity contribution in [1.29, 1.82) is 0 Å². The van der Waals surface area contributed by atoms with Crippen LogP contribution in [0.25, 0.3) is 27.5 Å². The summed E-state index contributed by atoms with van der Waals surface area (Å²) in [5.41, 5.74) is 3.87. The van der Waals surface area contributed by atoms with Crippen molar-refractivity contribution in [2.45, 2.75) is 0 Å². The van der Waals surface area contributed by atoms with Gasteiger partial charge in [-0.1, -0.05) is 71.1 Å². The number of fused-ring (bicyclic) bond motifs is 1. The molecule has 0 fully saturated rings. The molecule has 0 bridgehead atoms. The van der Waals surface area contributed by atoms with Gasteiger partial charge in [-0.15, -0.1) is 0 Å². The molecule has 0 saturated carbocycles. The first-order valence-corrected chi connectivity index (χ1v) is 8.71. The molecule has 0 heterocycles. The molecule has 0 aliphatic rings. The van der Waals surface area contributed by atoms with Crippen LogP contribution in [0.2, 0.25) is 0 Å². The lowest BCUT2D eigenvalue weighted by Crippen LogP contribution is -1.91. The third-order valence-electron chi connectivity index (χ3n) is 4.05. The van der Waals surface area contributed by atoms with E-state index >= 15 is 0 Å². The molecule has 3 rings (SSSR count). The van der Waals surface area contributed by atoms with Gasteiger partial charge in [0.1, 0.15) is 5.75 Å². The van der Waals surface area contributed by atoms with Gasteiger partial charge in [0.2, 0.25) is 0 Å². The maximum atomic E-state index is 10.3. The summed E-state index contributed by atoms with van der Waals surface area (Å²) in [6.45, 7) is 3.80. The molecule has 0 amide bonds. The van der Waals surface area contributed by atoms with Gasteiger partial charge in [-0.3, -0.25) is 4.99 Å². The minimum absolute atomic E-state index is 0.262. The Bertz CT molecular complexity index is 1000. The first-order valence-electron chi connectivity index (χ1n) is 7.91. The third-order valence-corrected chi connectivity index (χ3v) is 4.54. The number of aliphatic imine (C=N–C) groups is 1.